The van der Waals surface area contributed by atoms with Gasteiger partial charge in [-0.05, 0) is 18.2 Å². The lowest BCUT2D eigenvalue weighted by Crippen LogP contribution is -2.27. The van der Waals surface area contributed by atoms with Crippen LogP contribution in [0.2, 0.25) is 0 Å². The Labute approximate surface area is 111 Å². The van der Waals surface area contributed by atoms with E-state index in [1.807, 2.05) is 18.2 Å². The summed E-state index contributed by atoms with van der Waals surface area (Å²) in [4.78, 5) is 17.8. The van der Waals surface area contributed by atoms with E-state index >= 15 is 0 Å². The van der Waals surface area contributed by atoms with Crippen molar-refractivity contribution in [1.29, 1.82) is 0 Å². The number of nitrogens with two attached hydrogens (primary N) is 1. The second-order valence-electron chi connectivity index (χ2n) is 4.00. The van der Waals surface area contributed by atoms with Gasteiger partial charge in [-0.3, -0.25) is 9.78 Å². The molecule has 5 heteroatoms. The molecular weight excluding hydrogens is 242 g/mol. The highest BCUT2D eigenvalue weighted by Gasteiger charge is 2.18. The third-order valence-corrected chi connectivity index (χ3v) is 2.84. The molecule has 0 saturated carbocycles. The van der Waals surface area contributed by atoms with E-state index in [1.165, 1.54) is 11.1 Å². The lowest BCUT2D eigenvalue weighted by atomic mass is 10.2. The fraction of sp³-hybridized carbons (Fsp3) is 0.143. The molecule has 0 aliphatic rings. The molecule has 0 spiro atoms. The van der Waals surface area contributed by atoms with Gasteiger partial charge in [0.1, 0.15) is 5.75 Å². The molecule has 2 N–H and O–H groups in total. The van der Waals surface area contributed by atoms with Gasteiger partial charge in [0.25, 0.3) is 5.91 Å². The number of amides is 1. The van der Waals surface area contributed by atoms with E-state index in [9.17, 15) is 4.79 Å². The van der Waals surface area contributed by atoms with Crippen molar-refractivity contribution in [3.63, 3.8) is 0 Å². The number of ether oxygens (including phenoxy) is 1. The molecule has 0 atom stereocenters. The summed E-state index contributed by atoms with van der Waals surface area (Å²) in [7, 11) is 3.24. The Kier molecular flexibility index (Phi) is 3.66. The Morgan fingerprint density at radius 3 is 2.74 bits per heavy atom. The highest BCUT2D eigenvalue weighted by molar-refractivity contribution is 6.09. The third kappa shape index (κ3) is 2.49. The SMILES string of the molecule is COc1ccccc1N(C)C(=O)c1cnccc1N. The van der Waals surface area contributed by atoms with Gasteiger partial charge < -0.3 is 15.4 Å². The monoisotopic (exact) mass is 257 g/mol. The fourth-order valence-electron chi connectivity index (χ4n) is 1.78. The standard InChI is InChI=1S/C14H15N3O2/c1-17(12-5-3-4-6-13(12)19-2)14(18)10-9-16-8-7-11(10)15/h3-9H,1-2H3,(H2,15,16). The van der Waals surface area contributed by atoms with Gasteiger partial charge in [0, 0.05) is 25.1 Å². The molecule has 5 nitrogen and oxygen atoms in total. The molecule has 1 heterocycles. The summed E-state index contributed by atoms with van der Waals surface area (Å²) in [5.74, 6) is 0.399. The molecule has 0 bridgehead atoms. The number of para-hydroxylation sites is 2. The predicted octanol–water partition coefficient (Wildman–Crippen LogP) is 1.95. The summed E-state index contributed by atoms with van der Waals surface area (Å²) in [6.07, 6.45) is 3.01. The van der Waals surface area contributed by atoms with E-state index in [-0.39, 0.29) is 5.91 Å². The van der Waals surface area contributed by atoms with Crippen molar-refractivity contribution in [2.75, 3.05) is 24.8 Å². The zero-order chi connectivity index (χ0) is 13.8. The zero-order valence-corrected chi connectivity index (χ0v) is 10.8. The first-order chi connectivity index (χ1) is 9.15. The number of rotatable bonds is 3. The van der Waals surface area contributed by atoms with Crippen LogP contribution in [0.25, 0.3) is 0 Å². The quantitative estimate of drug-likeness (QED) is 0.912. The number of pyridine rings is 1. The molecule has 0 aliphatic carbocycles. The minimum Gasteiger partial charge on any atom is -0.495 e. The van der Waals surface area contributed by atoms with Crippen LogP contribution in [0, 0.1) is 0 Å². The van der Waals surface area contributed by atoms with Crippen LogP contribution >= 0.6 is 0 Å². The summed E-state index contributed by atoms with van der Waals surface area (Å²) < 4.78 is 5.24. The Morgan fingerprint density at radius 2 is 2.05 bits per heavy atom. The minimum absolute atomic E-state index is 0.227. The zero-order valence-electron chi connectivity index (χ0n) is 10.8. The number of hydrogen-bond donors (Lipinski definition) is 1. The van der Waals surface area contributed by atoms with Crippen molar-refractivity contribution in [3.05, 3.63) is 48.3 Å². The van der Waals surface area contributed by atoms with Crippen molar-refractivity contribution < 1.29 is 9.53 Å². The van der Waals surface area contributed by atoms with Crippen LogP contribution in [0.15, 0.2) is 42.7 Å². The summed E-state index contributed by atoms with van der Waals surface area (Å²) in [6.45, 7) is 0. The fourth-order valence-corrected chi connectivity index (χ4v) is 1.78. The molecule has 1 aromatic heterocycles. The summed E-state index contributed by atoms with van der Waals surface area (Å²) >= 11 is 0. The van der Waals surface area contributed by atoms with Crippen LogP contribution in [0.4, 0.5) is 11.4 Å². The molecule has 2 aromatic rings. The van der Waals surface area contributed by atoms with E-state index in [1.54, 1.807) is 32.5 Å². The maximum absolute atomic E-state index is 12.4. The minimum atomic E-state index is -0.227. The van der Waals surface area contributed by atoms with Crippen LogP contribution in [-0.2, 0) is 0 Å². The molecule has 0 unspecified atom stereocenters. The second-order valence-corrected chi connectivity index (χ2v) is 4.00. The van der Waals surface area contributed by atoms with E-state index in [2.05, 4.69) is 4.98 Å². The first kappa shape index (κ1) is 12.9. The third-order valence-electron chi connectivity index (χ3n) is 2.84. The number of methoxy groups -OCH3 is 1. The van der Waals surface area contributed by atoms with Crippen molar-refractivity contribution in [3.8, 4) is 5.75 Å². The smallest absolute Gasteiger partial charge is 0.261 e. The molecule has 0 saturated heterocycles. The molecule has 19 heavy (non-hydrogen) atoms. The number of carbonyl (C=O) groups is 1. The van der Waals surface area contributed by atoms with Gasteiger partial charge in [0.2, 0.25) is 0 Å². The summed E-state index contributed by atoms with van der Waals surface area (Å²) in [5, 5.41) is 0. The number of anilines is 2. The first-order valence-corrected chi connectivity index (χ1v) is 5.75. The molecule has 2 rings (SSSR count). The van der Waals surface area contributed by atoms with Gasteiger partial charge in [0.05, 0.1) is 18.4 Å². The maximum Gasteiger partial charge on any atom is 0.261 e. The second kappa shape index (κ2) is 5.39. The Hall–Kier alpha value is -2.56. The molecule has 1 amide bonds. The normalized spacial score (nSPS) is 10.0. The molecule has 0 aliphatic heterocycles. The molecule has 1 aromatic carbocycles. The molecule has 0 fully saturated rings. The number of benzene rings is 1. The van der Waals surface area contributed by atoms with Crippen LogP contribution in [0.1, 0.15) is 10.4 Å². The highest BCUT2D eigenvalue weighted by Crippen LogP contribution is 2.28. The lowest BCUT2D eigenvalue weighted by molar-refractivity contribution is 0.0993. The van der Waals surface area contributed by atoms with Crippen LogP contribution in [0.5, 0.6) is 5.75 Å². The van der Waals surface area contributed by atoms with Gasteiger partial charge in [-0.2, -0.15) is 0 Å². The summed E-state index contributed by atoms with van der Waals surface area (Å²) in [5.41, 5.74) is 7.24. The number of nitrogen functional groups attached to an aromatic ring is 1. The van der Waals surface area contributed by atoms with Gasteiger partial charge in [0.15, 0.2) is 0 Å². The number of nitrogens with zero attached hydrogens (tertiary/aromatic N) is 2. The van der Waals surface area contributed by atoms with E-state index in [0.29, 0.717) is 22.7 Å². The van der Waals surface area contributed by atoms with Crippen LogP contribution < -0.4 is 15.4 Å². The van der Waals surface area contributed by atoms with Crippen molar-refractivity contribution in [2.24, 2.45) is 0 Å². The summed E-state index contributed by atoms with van der Waals surface area (Å²) in [6, 6.07) is 8.89. The van der Waals surface area contributed by atoms with Crippen molar-refractivity contribution in [2.45, 2.75) is 0 Å². The molecule has 0 radical (unpaired) electrons. The van der Waals surface area contributed by atoms with Gasteiger partial charge in [-0.1, -0.05) is 12.1 Å². The number of carbonyl (C=O) groups excluding carboxylic acids is 1. The average molecular weight is 257 g/mol. The maximum atomic E-state index is 12.4. The van der Waals surface area contributed by atoms with Crippen molar-refractivity contribution >= 4 is 17.3 Å². The highest BCUT2D eigenvalue weighted by atomic mass is 16.5. The Bertz CT molecular complexity index is 599. The van der Waals surface area contributed by atoms with Gasteiger partial charge >= 0.3 is 0 Å². The van der Waals surface area contributed by atoms with E-state index < -0.39 is 0 Å². The Morgan fingerprint density at radius 1 is 1.32 bits per heavy atom. The topological polar surface area (TPSA) is 68.5 Å². The van der Waals surface area contributed by atoms with E-state index in [0.717, 1.165) is 0 Å². The van der Waals surface area contributed by atoms with Crippen LogP contribution in [-0.4, -0.2) is 25.0 Å². The molecular formula is C14H15N3O2. The Balaban J connectivity index is 2.37. The number of hydrogen-bond acceptors (Lipinski definition) is 4. The van der Waals surface area contributed by atoms with Gasteiger partial charge in [-0.25, -0.2) is 0 Å². The predicted molar refractivity (Wildman–Crippen MR) is 74.4 cm³/mol. The first-order valence-electron chi connectivity index (χ1n) is 5.75. The lowest BCUT2D eigenvalue weighted by Gasteiger charge is -2.20. The van der Waals surface area contributed by atoms with Crippen LogP contribution in [0.3, 0.4) is 0 Å². The average Bonchev–Trinajstić information content (AvgIpc) is 2.46. The van der Waals surface area contributed by atoms with Crippen molar-refractivity contribution in [1.82, 2.24) is 4.98 Å². The molecule has 98 valence electrons. The largest absolute Gasteiger partial charge is 0.495 e. The van der Waals surface area contributed by atoms with E-state index in [4.69, 9.17) is 10.5 Å². The number of aromatic nitrogens is 1. The van der Waals surface area contributed by atoms with Gasteiger partial charge in [-0.15, -0.1) is 0 Å².